The van der Waals surface area contributed by atoms with Gasteiger partial charge in [-0.1, -0.05) is 65.3 Å². The summed E-state index contributed by atoms with van der Waals surface area (Å²) in [6.07, 6.45) is 1.48. The minimum absolute atomic E-state index is 0.0360. The number of thioether (sulfide) groups is 1. The second-order valence-electron chi connectivity index (χ2n) is 5.51. The molecule has 2 aromatic rings. The van der Waals surface area contributed by atoms with Crippen LogP contribution in [0.5, 0.6) is 0 Å². The Morgan fingerprint density at radius 3 is 2.74 bits per heavy atom. The standard InChI is InChI=1S/C18H14Cl2N4O2S/c19-13-8-4-5-11(16(13)20)10-21-24-18-23-17(26)14(27-18)9-15(25)22-12-6-2-1-3-7-12/h1-8,10,14H,9H2,(H,22,25)(H,23,24,26)/b21-10+. The summed E-state index contributed by atoms with van der Waals surface area (Å²) in [7, 11) is 0. The van der Waals surface area contributed by atoms with E-state index in [9.17, 15) is 9.59 Å². The first-order chi connectivity index (χ1) is 13.0. The average Bonchev–Trinajstić information content (AvgIpc) is 2.99. The van der Waals surface area contributed by atoms with Crippen molar-refractivity contribution in [1.82, 2.24) is 5.32 Å². The van der Waals surface area contributed by atoms with Gasteiger partial charge in [-0.2, -0.15) is 5.10 Å². The van der Waals surface area contributed by atoms with Crippen LogP contribution in [0.2, 0.25) is 10.0 Å². The molecule has 0 aromatic heterocycles. The lowest BCUT2D eigenvalue weighted by atomic mass is 10.2. The molecule has 1 aliphatic heterocycles. The molecule has 138 valence electrons. The van der Waals surface area contributed by atoms with Crippen molar-refractivity contribution in [3.63, 3.8) is 0 Å². The minimum Gasteiger partial charge on any atom is -0.326 e. The zero-order valence-corrected chi connectivity index (χ0v) is 16.2. The summed E-state index contributed by atoms with van der Waals surface area (Å²) in [5.41, 5.74) is 1.30. The normalized spacial score (nSPS) is 18.1. The minimum atomic E-state index is -0.558. The molecule has 1 atom stereocenters. The quantitative estimate of drug-likeness (QED) is 0.567. The smallest absolute Gasteiger partial charge is 0.240 e. The van der Waals surface area contributed by atoms with Gasteiger partial charge in [-0.25, -0.2) is 0 Å². The largest absolute Gasteiger partial charge is 0.326 e. The second kappa shape index (κ2) is 9.03. The third-order valence-electron chi connectivity index (χ3n) is 3.53. The number of hydrogen-bond acceptors (Lipinski definition) is 5. The van der Waals surface area contributed by atoms with Crippen molar-refractivity contribution in [3.8, 4) is 0 Å². The lowest BCUT2D eigenvalue weighted by molar-refractivity contribution is -0.122. The Hall–Kier alpha value is -2.35. The number of carbonyl (C=O) groups is 2. The maximum absolute atomic E-state index is 12.1. The summed E-state index contributed by atoms with van der Waals surface area (Å²) in [6, 6.07) is 14.2. The van der Waals surface area contributed by atoms with Crippen LogP contribution in [-0.2, 0) is 9.59 Å². The Kier molecular flexibility index (Phi) is 6.49. The predicted octanol–water partition coefficient (Wildman–Crippen LogP) is 3.94. The predicted molar refractivity (Wildman–Crippen MR) is 111 cm³/mol. The Morgan fingerprint density at radius 2 is 1.96 bits per heavy atom. The van der Waals surface area contributed by atoms with Crippen molar-refractivity contribution in [2.75, 3.05) is 5.32 Å². The first kappa shape index (κ1) is 19.4. The molecule has 0 spiro atoms. The number of nitrogens with one attached hydrogen (secondary N) is 2. The molecule has 27 heavy (non-hydrogen) atoms. The number of para-hydroxylation sites is 1. The highest BCUT2D eigenvalue weighted by molar-refractivity contribution is 8.15. The van der Waals surface area contributed by atoms with Crippen LogP contribution >= 0.6 is 35.0 Å². The van der Waals surface area contributed by atoms with Gasteiger partial charge in [0.2, 0.25) is 11.8 Å². The maximum Gasteiger partial charge on any atom is 0.240 e. The van der Waals surface area contributed by atoms with E-state index in [1.807, 2.05) is 18.2 Å². The number of halogens is 2. The lowest BCUT2D eigenvalue weighted by Gasteiger charge is -2.06. The fourth-order valence-electron chi connectivity index (χ4n) is 2.25. The molecule has 1 saturated heterocycles. The van der Waals surface area contributed by atoms with Crippen LogP contribution in [0.4, 0.5) is 5.69 Å². The van der Waals surface area contributed by atoms with E-state index in [4.69, 9.17) is 23.2 Å². The summed E-state index contributed by atoms with van der Waals surface area (Å²) in [5, 5.41) is 13.8. The lowest BCUT2D eigenvalue weighted by Crippen LogP contribution is -2.28. The van der Waals surface area contributed by atoms with Gasteiger partial charge in [0.25, 0.3) is 0 Å². The van der Waals surface area contributed by atoms with Gasteiger partial charge >= 0.3 is 0 Å². The van der Waals surface area contributed by atoms with Crippen molar-refractivity contribution in [3.05, 3.63) is 64.1 Å². The van der Waals surface area contributed by atoms with Gasteiger partial charge in [-0.3, -0.25) is 9.59 Å². The fraction of sp³-hybridized carbons (Fsp3) is 0.111. The zero-order valence-electron chi connectivity index (χ0n) is 13.9. The van der Waals surface area contributed by atoms with Gasteiger partial charge in [-0.05, 0) is 18.2 Å². The maximum atomic E-state index is 12.1. The van der Waals surface area contributed by atoms with Crippen LogP contribution in [0.1, 0.15) is 12.0 Å². The first-order valence-corrected chi connectivity index (χ1v) is 9.54. The van der Waals surface area contributed by atoms with Gasteiger partial charge < -0.3 is 10.6 Å². The molecule has 1 unspecified atom stereocenters. The van der Waals surface area contributed by atoms with Crippen molar-refractivity contribution in [1.29, 1.82) is 0 Å². The van der Waals surface area contributed by atoms with E-state index in [1.54, 1.807) is 30.3 Å². The number of hydrogen-bond donors (Lipinski definition) is 2. The molecular weight excluding hydrogens is 407 g/mol. The Labute approximate surface area is 170 Å². The Balaban J connectivity index is 1.58. The van der Waals surface area contributed by atoms with Crippen LogP contribution in [0.15, 0.2) is 58.7 Å². The molecule has 3 rings (SSSR count). The Morgan fingerprint density at radius 1 is 1.19 bits per heavy atom. The average molecular weight is 421 g/mol. The van der Waals surface area contributed by atoms with Crippen LogP contribution in [0.25, 0.3) is 0 Å². The third kappa shape index (κ3) is 5.32. The van der Waals surface area contributed by atoms with Crippen LogP contribution in [0.3, 0.4) is 0 Å². The summed E-state index contributed by atoms with van der Waals surface area (Å²) >= 11 is 13.2. The number of rotatable bonds is 5. The second-order valence-corrected chi connectivity index (χ2v) is 7.48. The monoisotopic (exact) mass is 420 g/mol. The van der Waals surface area contributed by atoms with Crippen molar-refractivity contribution < 1.29 is 9.59 Å². The molecule has 0 bridgehead atoms. The molecule has 6 nitrogen and oxygen atoms in total. The number of benzene rings is 2. The number of nitrogens with zero attached hydrogens (tertiary/aromatic N) is 2. The van der Waals surface area contributed by atoms with Gasteiger partial charge in [0.1, 0.15) is 5.25 Å². The summed E-state index contributed by atoms with van der Waals surface area (Å²) in [5.74, 6) is -0.526. The molecule has 1 fully saturated rings. The van der Waals surface area contributed by atoms with E-state index < -0.39 is 5.25 Å². The highest BCUT2D eigenvalue weighted by Gasteiger charge is 2.32. The van der Waals surface area contributed by atoms with Crippen LogP contribution in [0, 0.1) is 0 Å². The highest BCUT2D eigenvalue weighted by Crippen LogP contribution is 2.25. The summed E-state index contributed by atoms with van der Waals surface area (Å²) in [4.78, 5) is 24.1. The molecular formula is C18H14Cl2N4O2S. The van der Waals surface area contributed by atoms with Gasteiger partial charge in [0.15, 0.2) is 5.17 Å². The van der Waals surface area contributed by atoms with E-state index in [-0.39, 0.29) is 18.2 Å². The molecule has 2 aromatic carbocycles. The molecule has 9 heteroatoms. The number of carbonyl (C=O) groups excluding carboxylic acids is 2. The molecule has 2 N–H and O–H groups in total. The summed E-state index contributed by atoms with van der Waals surface area (Å²) < 4.78 is 0. The van der Waals surface area contributed by atoms with E-state index in [1.165, 1.54) is 6.21 Å². The van der Waals surface area contributed by atoms with Gasteiger partial charge in [-0.15, -0.1) is 5.10 Å². The molecule has 1 aliphatic rings. The van der Waals surface area contributed by atoms with Crippen molar-refractivity contribution in [2.24, 2.45) is 10.2 Å². The molecule has 2 amide bonds. The zero-order chi connectivity index (χ0) is 19.2. The summed E-state index contributed by atoms with van der Waals surface area (Å²) in [6.45, 7) is 0. The van der Waals surface area contributed by atoms with Crippen molar-refractivity contribution in [2.45, 2.75) is 11.7 Å². The SMILES string of the molecule is O=C(CC1S/C(=N\N=C\c2cccc(Cl)c2Cl)NC1=O)Nc1ccccc1. The van der Waals surface area contributed by atoms with Crippen LogP contribution in [-0.4, -0.2) is 28.4 Å². The first-order valence-electron chi connectivity index (χ1n) is 7.90. The number of anilines is 1. The number of amidine groups is 1. The van der Waals surface area contributed by atoms with E-state index in [2.05, 4.69) is 20.8 Å². The molecule has 1 heterocycles. The fourth-order valence-corrected chi connectivity index (χ4v) is 3.53. The molecule has 0 saturated carbocycles. The van der Waals surface area contributed by atoms with Gasteiger partial charge in [0, 0.05) is 17.7 Å². The topological polar surface area (TPSA) is 82.9 Å². The molecule has 0 aliphatic carbocycles. The number of amides is 2. The molecule has 0 radical (unpaired) electrons. The van der Waals surface area contributed by atoms with Crippen molar-refractivity contribution >= 4 is 63.8 Å². The van der Waals surface area contributed by atoms with Crippen LogP contribution < -0.4 is 10.6 Å². The van der Waals surface area contributed by atoms with E-state index >= 15 is 0 Å². The van der Waals surface area contributed by atoms with E-state index in [0.29, 0.717) is 26.5 Å². The Bertz CT molecular complexity index is 919. The van der Waals surface area contributed by atoms with Gasteiger partial charge in [0.05, 0.1) is 16.3 Å². The highest BCUT2D eigenvalue weighted by atomic mass is 35.5. The van der Waals surface area contributed by atoms with E-state index in [0.717, 1.165) is 11.8 Å². The third-order valence-corrected chi connectivity index (χ3v) is 5.44.